The van der Waals surface area contributed by atoms with E-state index >= 15 is 0 Å². The van der Waals surface area contributed by atoms with E-state index in [0.29, 0.717) is 28.9 Å². The highest BCUT2D eigenvalue weighted by atomic mass is 35.5. The van der Waals surface area contributed by atoms with E-state index in [1.165, 1.54) is 12.1 Å². The zero-order valence-electron chi connectivity index (χ0n) is 15.5. The van der Waals surface area contributed by atoms with E-state index in [4.69, 9.17) is 16.9 Å². The Morgan fingerprint density at radius 1 is 1.28 bits per heavy atom. The highest BCUT2D eigenvalue weighted by Gasteiger charge is 2.60. The Labute approximate surface area is 172 Å². The number of nitriles is 1. The van der Waals surface area contributed by atoms with Gasteiger partial charge in [0.25, 0.3) is 5.91 Å². The molecule has 1 N–H and O–H groups in total. The maximum Gasteiger partial charge on any atom is 0.251 e. The maximum atomic E-state index is 14.1. The number of hydrogen-bond acceptors (Lipinski definition) is 4. The fourth-order valence-corrected chi connectivity index (χ4v) is 3.73. The quantitative estimate of drug-likeness (QED) is 0.711. The minimum absolute atomic E-state index is 0.0344. The average Bonchev–Trinajstić information content (AvgIpc) is 3.45. The monoisotopic (exact) mass is 406 g/mol. The molecule has 5 nitrogen and oxygen atoms in total. The normalized spacial score (nSPS) is 20.0. The molecule has 0 saturated heterocycles. The molecule has 1 unspecified atom stereocenters. The van der Waals surface area contributed by atoms with Crippen molar-refractivity contribution in [1.82, 2.24) is 15.3 Å². The lowest BCUT2D eigenvalue weighted by Gasteiger charge is -2.18. The third kappa shape index (κ3) is 3.34. The molecule has 29 heavy (non-hydrogen) atoms. The number of benzene rings is 2. The highest BCUT2D eigenvalue weighted by Crippen LogP contribution is 2.52. The van der Waals surface area contributed by atoms with E-state index in [9.17, 15) is 9.18 Å². The molecule has 144 valence electrons. The second-order valence-electron chi connectivity index (χ2n) is 7.04. The fraction of sp³-hybridized carbons (Fsp3) is 0.182. The van der Waals surface area contributed by atoms with Crippen LogP contribution >= 0.6 is 11.6 Å². The molecular weight excluding hydrogens is 391 g/mol. The molecule has 3 aromatic rings. The van der Waals surface area contributed by atoms with Crippen LogP contribution in [-0.4, -0.2) is 21.9 Å². The fourth-order valence-electron chi connectivity index (χ4n) is 3.61. The predicted molar refractivity (Wildman–Crippen MR) is 106 cm³/mol. The topological polar surface area (TPSA) is 78.7 Å². The van der Waals surface area contributed by atoms with Gasteiger partial charge in [0.2, 0.25) is 0 Å². The summed E-state index contributed by atoms with van der Waals surface area (Å²) in [6.07, 6.45) is 3.79. The number of amides is 1. The molecule has 0 aliphatic heterocycles. The summed E-state index contributed by atoms with van der Waals surface area (Å²) in [5.41, 5.74) is 1.65. The summed E-state index contributed by atoms with van der Waals surface area (Å²) in [7, 11) is 0. The Kier molecular flexibility index (Phi) is 4.77. The number of carbonyl (C=O) groups is 1. The zero-order chi connectivity index (χ0) is 20.6. The molecule has 0 radical (unpaired) electrons. The molecule has 1 aliphatic rings. The van der Waals surface area contributed by atoms with E-state index in [0.717, 1.165) is 5.56 Å². The Morgan fingerprint density at radius 3 is 2.69 bits per heavy atom. The van der Waals surface area contributed by atoms with Crippen molar-refractivity contribution in [2.45, 2.75) is 24.8 Å². The molecule has 0 spiro atoms. The minimum atomic E-state index is -0.718. The summed E-state index contributed by atoms with van der Waals surface area (Å²) >= 11 is 5.84. The highest BCUT2D eigenvalue weighted by molar-refractivity contribution is 6.30. The van der Waals surface area contributed by atoms with E-state index in [2.05, 4.69) is 21.4 Å². The summed E-state index contributed by atoms with van der Waals surface area (Å²) in [4.78, 5) is 21.5. The van der Waals surface area contributed by atoms with Gasteiger partial charge in [-0.3, -0.25) is 4.79 Å². The van der Waals surface area contributed by atoms with Crippen LogP contribution in [0.25, 0.3) is 0 Å². The van der Waals surface area contributed by atoms with Crippen LogP contribution < -0.4 is 5.32 Å². The number of rotatable bonds is 4. The average molecular weight is 407 g/mol. The lowest BCUT2D eigenvalue weighted by atomic mass is 9.93. The largest absolute Gasteiger partial charge is 0.348 e. The number of nitrogens with zero attached hydrogens (tertiary/aromatic N) is 3. The van der Waals surface area contributed by atoms with Crippen LogP contribution in [0.5, 0.6) is 0 Å². The molecule has 1 saturated carbocycles. The lowest BCUT2D eigenvalue weighted by molar-refractivity contribution is 0.0948. The first-order valence-electron chi connectivity index (χ1n) is 9.00. The number of aryl methyl sites for hydroxylation is 1. The molecule has 1 heterocycles. The van der Waals surface area contributed by atoms with Crippen LogP contribution in [0.2, 0.25) is 5.02 Å². The summed E-state index contributed by atoms with van der Waals surface area (Å²) < 4.78 is 14.1. The summed E-state index contributed by atoms with van der Waals surface area (Å²) in [5.74, 6) is -0.281. The third-order valence-electron chi connectivity index (χ3n) is 5.27. The van der Waals surface area contributed by atoms with Crippen molar-refractivity contribution in [1.29, 1.82) is 5.26 Å². The number of carbonyl (C=O) groups excluding carboxylic acids is 1. The van der Waals surface area contributed by atoms with Gasteiger partial charge in [0, 0.05) is 24.0 Å². The van der Waals surface area contributed by atoms with E-state index in [1.807, 2.05) is 0 Å². The van der Waals surface area contributed by atoms with Gasteiger partial charge < -0.3 is 5.32 Å². The summed E-state index contributed by atoms with van der Waals surface area (Å²) in [6.45, 7) is 1.78. The summed E-state index contributed by atoms with van der Waals surface area (Å²) in [6, 6.07) is 13.0. The number of aromatic nitrogens is 2. The van der Waals surface area contributed by atoms with Crippen molar-refractivity contribution >= 4 is 17.5 Å². The molecule has 2 atom stereocenters. The number of nitrogens with one attached hydrogen (secondary N) is 1. The molecule has 1 amide bonds. The van der Waals surface area contributed by atoms with Crippen LogP contribution in [0, 0.1) is 24.1 Å². The second kappa shape index (κ2) is 7.26. The first-order valence-corrected chi connectivity index (χ1v) is 9.38. The van der Waals surface area contributed by atoms with Crippen LogP contribution in [0.1, 0.15) is 39.3 Å². The predicted octanol–water partition coefficient (Wildman–Crippen LogP) is 3.94. The Balaban J connectivity index is 1.66. The molecule has 1 aromatic heterocycles. The van der Waals surface area contributed by atoms with Gasteiger partial charge in [0.05, 0.1) is 22.1 Å². The van der Waals surface area contributed by atoms with Crippen LogP contribution in [0.4, 0.5) is 4.39 Å². The van der Waals surface area contributed by atoms with Gasteiger partial charge in [-0.2, -0.15) is 5.26 Å². The molecule has 2 aromatic carbocycles. The van der Waals surface area contributed by atoms with Crippen molar-refractivity contribution < 1.29 is 9.18 Å². The van der Waals surface area contributed by atoms with E-state index in [1.54, 1.807) is 49.6 Å². The Bertz CT molecular complexity index is 1150. The molecule has 1 fully saturated rings. The smallest absolute Gasteiger partial charge is 0.251 e. The van der Waals surface area contributed by atoms with E-state index in [-0.39, 0.29) is 17.0 Å². The molecule has 7 heteroatoms. The third-order valence-corrected chi connectivity index (χ3v) is 5.58. The van der Waals surface area contributed by atoms with Crippen molar-refractivity contribution in [3.8, 4) is 6.07 Å². The van der Waals surface area contributed by atoms with Gasteiger partial charge in [-0.15, -0.1) is 0 Å². The van der Waals surface area contributed by atoms with Gasteiger partial charge in [0.15, 0.2) is 0 Å². The molecule has 1 aliphatic carbocycles. The zero-order valence-corrected chi connectivity index (χ0v) is 16.2. The van der Waals surface area contributed by atoms with Crippen LogP contribution in [0.15, 0.2) is 54.9 Å². The molecular formula is C22H16ClFN4O. The van der Waals surface area contributed by atoms with Gasteiger partial charge in [0.1, 0.15) is 11.6 Å². The van der Waals surface area contributed by atoms with Crippen molar-refractivity contribution in [2.24, 2.45) is 0 Å². The minimum Gasteiger partial charge on any atom is -0.348 e. The van der Waals surface area contributed by atoms with Crippen LogP contribution in [0.3, 0.4) is 0 Å². The Hall–Kier alpha value is -3.30. The Morgan fingerprint density at radius 2 is 2.03 bits per heavy atom. The molecule has 4 rings (SSSR count). The molecule has 0 bridgehead atoms. The SMILES string of the molecule is Cc1cc(C(=O)NC2C[C@@]2(c2ccc(Cl)c(F)c2)c2ncccn2)ccc1C#N. The lowest BCUT2D eigenvalue weighted by Crippen LogP contribution is -2.32. The standard InChI is InChI=1S/C22H16ClFN4O/c1-13-9-14(3-4-15(13)12-25)20(29)28-19-11-22(19,21-26-7-2-8-27-21)16-5-6-17(23)18(24)10-16/h2-10,19H,11H2,1H3,(H,28,29)/t19?,22-/m0/s1. The summed E-state index contributed by atoms with van der Waals surface area (Å²) in [5, 5.41) is 12.1. The van der Waals surface area contributed by atoms with Gasteiger partial charge in [-0.05, 0) is 60.9 Å². The first-order chi connectivity index (χ1) is 14.0. The van der Waals surface area contributed by atoms with Gasteiger partial charge in [-0.25, -0.2) is 14.4 Å². The van der Waals surface area contributed by atoms with E-state index < -0.39 is 11.2 Å². The van der Waals surface area contributed by atoms with Gasteiger partial charge in [-0.1, -0.05) is 17.7 Å². The maximum absolute atomic E-state index is 14.1. The number of hydrogen-bond donors (Lipinski definition) is 1. The van der Waals surface area contributed by atoms with Gasteiger partial charge >= 0.3 is 0 Å². The van der Waals surface area contributed by atoms with Crippen molar-refractivity contribution in [3.05, 3.63) is 93.8 Å². The van der Waals surface area contributed by atoms with Crippen molar-refractivity contribution in [3.63, 3.8) is 0 Å². The first kappa shape index (κ1) is 19.0. The number of halogens is 2. The van der Waals surface area contributed by atoms with Crippen LogP contribution in [-0.2, 0) is 5.41 Å². The second-order valence-corrected chi connectivity index (χ2v) is 7.45. The van der Waals surface area contributed by atoms with Crippen molar-refractivity contribution in [2.75, 3.05) is 0 Å².